The highest BCUT2D eigenvalue weighted by atomic mass is 16.5. The summed E-state index contributed by atoms with van der Waals surface area (Å²) in [4.78, 5) is 14.3. The van der Waals surface area contributed by atoms with Gasteiger partial charge in [-0.2, -0.15) is 0 Å². The van der Waals surface area contributed by atoms with Gasteiger partial charge in [-0.05, 0) is 54.9 Å². The van der Waals surface area contributed by atoms with Crippen LogP contribution >= 0.6 is 0 Å². The largest absolute Gasteiger partial charge is 0.494 e. The third kappa shape index (κ3) is 7.27. The maximum Gasteiger partial charge on any atom is 0.331 e. The SMILES string of the molecule is CCOc1ccc(/C=C/C(=O)OCc2ccc(CN(CC)CC)cc2)cc1. The fourth-order valence-electron chi connectivity index (χ4n) is 2.65. The molecule has 4 heteroatoms. The second-order valence-electron chi connectivity index (χ2n) is 6.22. The molecule has 0 bridgehead atoms. The van der Waals surface area contributed by atoms with Gasteiger partial charge in [-0.15, -0.1) is 0 Å². The third-order valence-corrected chi connectivity index (χ3v) is 4.31. The van der Waals surface area contributed by atoms with Gasteiger partial charge in [0.1, 0.15) is 12.4 Å². The molecule has 0 atom stereocenters. The average molecular weight is 367 g/mol. The van der Waals surface area contributed by atoms with Crippen molar-refractivity contribution in [3.63, 3.8) is 0 Å². The van der Waals surface area contributed by atoms with Crippen molar-refractivity contribution in [2.45, 2.75) is 33.9 Å². The molecule has 144 valence electrons. The lowest BCUT2D eigenvalue weighted by Crippen LogP contribution is -2.22. The van der Waals surface area contributed by atoms with E-state index < -0.39 is 0 Å². The van der Waals surface area contributed by atoms with Gasteiger partial charge in [0.25, 0.3) is 0 Å². The van der Waals surface area contributed by atoms with Crippen LogP contribution in [0.4, 0.5) is 0 Å². The second kappa shape index (κ2) is 11.2. The van der Waals surface area contributed by atoms with Gasteiger partial charge in [-0.25, -0.2) is 4.79 Å². The topological polar surface area (TPSA) is 38.8 Å². The van der Waals surface area contributed by atoms with Gasteiger partial charge in [-0.1, -0.05) is 50.2 Å². The van der Waals surface area contributed by atoms with E-state index in [1.165, 1.54) is 11.6 Å². The molecule has 2 rings (SSSR count). The van der Waals surface area contributed by atoms with Crippen molar-refractivity contribution in [1.82, 2.24) is 4.90 Å². The van der Waals surface area contributed by atoms with Gasteiger partial charge in [0, 0.05) is 12.6 Å². The minimum atomic E-state index is -0.351. The van der Waals surface area contributed by atoms with Crippen LogP contribution in [0.2, 0.25) is 0 Å². The molecular weight excluding hydrogens is 338 g/mol. The van der Waals surface area contributed by atoms with Gasteiger partial charge in [0.15, 0.2) is 0 Å². The predicted molar refractivity (Wildman–Crippen MR) is 110 cm³/mol. The third-order valence-electron chi connectivity index (χ3n) is 4.31. The van der Waals surface area contributed by atoms with Crippen molar-refractivity contribution in [2.24, 2.45) is 0 Å². The smallest absolute Gasteiger partial charge is 0.331 e. The van der Waals surface area contributed by atoms with Crippen molar-refractivity contribution >= 4 is 12.0 Å². The normalized spacial score (nSPS) is 11.1. The van der Waals surface area contributed by atoms with E-state index >= 15 is 0 Å². The summed E-state index contributed by atoms with van der Waals surface area (Å²) in [6.07, 6.45) is 3.19. The Morgan fingerprint density at radius 2 is 1.56 bits per heavy atom. The van der Waals surface area contributed by atoms with Gasteiger partial charge in [0.2, 0.25) is 0 Å². The zero-order chi connectivity index (χ0) is 19.5. The summed E-state index contributed by atoms with van der Waals surface area (Å²) in [6.45, 7) is 10.2. The molecule has 0 spiro atoms. The molecule has 0 unspecified atom stereocenters. The zero-order valence-corrected chi connectivity index (χ0v) is 16.5. The van der Waals surface area contributed by atoms with Gasteiger partial charge in [-0.3, -0.25) is 4.90 Å². The van der Waals surface area contributed by atoms with E-state index in [9.17, 15) is 4.79 Å². The summed E-state index contributed by atoms with van der Waals surface area (Å²) < 4.78 is 10.7. The lowest BCUT2D eigenvalue weighted by atomic mass is 10.1. The minimum Gasteiger partial charge on any atom is -0.494 e. The molecule has 27 heavy (non-hydrogen) atoms. The quantitative estimate of drug-likeness (QED) is 0.451. The van der Waals surface area contributed by atoms with E-state index in [0.29, 0.717) is 6.61 Å². The maximum atomic E-state index is 11.9. The Morgan fingerprint density at radius 1 is 0.926 bits per heavy atom. The van der Waals surface area contributed by atoms with Crippen LogP contribution in [-0.4, -0.2) is 30.6 Å². The first-order chi connectivity index (χ1) is 13.1. The Labute approximate surface area is 162 Å². The van der Waals surface area contributed by atoms with Crippen LogP contribution in [0.3, 0.4) is 0 Å². The summed E-state index contributed by atoms with van der Waals surface area (Å²) in [5.41, 5.74) is 3.18. The fraction of sp³-hybridized carbons (Fsp3) is 0.348. The zero-order valence-electron chi connectivity index (χ0n) is 16.5. The van der Waals surface area contributed by atoms with E-state index in [4.69, 9.17) is 9.47 Å². The Kier molecular flexibility index (Phi) is 8.59. The van der Waals surface area contributed by atoms with Crippen LogP contribution in [0.25, 0.3) is 6.08 Å². The molecule has 2 aromatic rings. The summed E-state index contributed by atoms with van der Waals surface area (Å²) in [5.74, 6) is 0.470. The molecule has 0 aliphatic heterocycles. The van der Waals surface area contributed by atoms with Crippen LogP contribution in [-0.2, 0) is 22.7 Å². The minimum absolute atomic E-state index is 0.276. The summed E-state index contributed by atoms with van der Waals surface area (Å²) in [7, 11) is 0. The molecular formula is C23H29NO3. The first kappa shape index (κ1) is 20.7. The molecule has 0 amide bonds. The summed E-state index contributed by atoms with van der Waals surface area (Å²) in [5, 5.41) is 0. The van der Waals surface area contributed by atoms with Crippen LogP contribution in [0.5, 0.6) is 5.75 Å². The van der Waals surface area contributed by atoms with Crippen LogP contribution in [0.1, 0.15) is 37.5 Å². The highest BCUT2D eigenvalue weighted by molar-refractivity contribution is 5.87. The molecule has 0 aliphatic rings. The molecule has 0 N–H and O–H groups in total. The number of rotatable bonds is 10. The lowest BCUT2D eigenvalue weighted by molar-refractivity contribution is -0.138. The standard InChI is InChI=1S/C23H29NO3/c1-4-24(5-2)17-20-7-9-21(10-8-20)18-27-23(25)16-13-19-11-14-22(15-12-19)26-6-3/h7-16H,4-6,17-18H2,1-3H3/b16-13+. The summed E-state index contributed by atoms with van der Waals surface area (Å²) >= 11 is 0. The summed E-state index contributed by atoms with van der Waals surface area (Å²) in [6, 6.07) is 15.8. The Hall–Kier alpha value is -2.59. The highest BCUT2D eigenvalue weighted by Crippen LogP contribution is 2.13. The number of benzene rings is 2. The number of esters is 1. The van der Waals surface area contributed by atoms with Crippen molar-refractivity contribution in [3.8, 4) is 5.75 Å². The van der Waals surface area contributed by atoms with Crippen LogP contribution in [0, 0.1) is 0 Å². The van der Waals surface area contributed by atoms with E-state index in [1.807, 2.05) is 43.3 Å². The van der Waals surface area contributed by atoms with E-state index in [0.717, 1.165) is 36.5 Å². The van der Waals surface area contributed by atoms with Crippen LogP contribution in [0.15, 0.2) is 54.6 Å². The first-order valence-electron chi connectivity index (χ1n) is 9.52. The highest BCUT2D eigenvalue weighted by Gasteiger charge is 2.03. The van der Waals surface area contributed by atoms with Gasteiger partial charge >= 0.3 is 5.97 Å². The predicted octanol–water partition coefficient (Wildman–Crippen LogP) is 4.68. The Morgan fingerprint density at radius 3 is 2.15 bits per heavy atom. The molecule has 0 saturated heterocycles. The van der Waals surface area contributed by atoms with Gasteiger partial charge < -0.3 is 9.47 Å². The number of hydrogen-bond acceptors (Lipinski definition) is 4. The number of carbonyl (C=O) groups excluding carboxylic acids is 1. The fourth-order valence-corrected chi connectivity index (χ4v) is 2.65. The molecule has 4 nitrogen and oxygen atoms in total. The Bertz CT molecular complexity index is 716. The number of hydrogen-bond donors (Lipinski definition) is 0. The van der Waals surface area contributed by atoms with E-state index in [1.54, 1.807) is 6.08 Å². The second-order valence-corrected chi connectivity index (χ2v) is 6.22. The van der Waals surface area contributed by atoms with Crippen molar-refractivity contribution in [3.05, 3.63) is 71.3 Å². The molecule has 0 saturated carbocycles. The molecule has 0 aliphatic carbocycles. The van der Waals surface area contributed by atoms with Crippen molar-refractivity contribution in [1.29, 1.82) is 0 Å². The van der Waals surface area contributed by atoms with E-state index in [-0.39, 0.29) is 12.6 Å². The molecule has 0 aromatic heterocycles. The van der Waals surface area contributed by atoms with Crippen molar-refractivity contribution < 1.29 is 14.3 Å². The van der Waals surface area contributed by atoms with Crippen molar-refractivity contribution in [2.75, 3.05) is 19.7 Å². The molecule has 0 heterocycles. The monoisotopic (exact) mass is 367 g/mol. The molecule has 0 radical (unpaired) electrons. The van der Waals surface area contributed by atoms with Gasteiger partial charge in [0.05, 0.1) is 6.61 Å². The molecule has 2 aromatic carbocycles. The number of nitrogens with zero attached hydrogens (tertiary/aromatic N) is 1. The Balaban J connectivity index is 1.80. The first-order valence-corrected chi connectivity index (χ1v) is 9.52. The number of ether oxygens (including phenoxy) is 2. The maximum absolute atomic E-state index is 11.9. The molecule has 0 fully saturated rings. The average Bonchev–Trinajstić information content (AvgIpc) is 2.71. The lowest BCUT2D eigenvalue weighted by Gasteiger charge is -2.18. The van der Waals surface area contributed by atoms with Crippen LogP contribution < -0.4 is 4.74 Å². The van der Waals surface area contributed by atoms with E-state index in [2.05, 4.69) is 30.9 Å². The number of carbonyl (C=O) groups is 1.